The highest BCUT2D eigenvalue weighted by Gasteiger charge is 2.20. The van der Waals surface area contributed by atoms with Gasteiger partial charge in [-0.15, -0.1) is 11.3 Å². The lowest BCUT2D eigenvalue weighted by atomic mass is 10.1. The summed E-state index contributed by atoms with van der Waals surface area (Å²) in [5, 5.41) is 15.0. The van der Waals surface area contributed by atoms with Gasteiger partial charge in [-0.1, -0.05) is 13.3 Å². The minimum absolute atomic E-state index is 0.00801. The van der Waals surface area contributed by atoms with Crippen molar-refractivity contribution in [2.75, 3.05) is 0 Å². The maximum Gasteiger partial charge on any atom is 0.320 e. The summed E-state index contributed by atoms with van der Waals surface area (Å²) in [6, 6.07) is -0.490. The molecule has 1 rings (SSSR count). The number of hydrogen-bond donors (Lipinski definition) is 2. The molecule has 1 heterocycles. The lowest BCUT2D eigenvalue weighted by Crippen LogP contribution is -2.38. The van der Waals surface area contributed by atoms with Crippen molar-refractivity contribution in [3.8, 4) is 0 Å². The molecule has 2 unspecified atom stereocenters. The van der Waals surface area contributed by atoms with Crippen LogP contribution in [0, 0.1) is 6.92 Å². The first-order chi connectivity index (χ1) is 7.54. The molecule has 5 heteroatoms. The normalized spacial score (nSPS) is 14.7. The third-order valence-electron chi connectivity index (χ3n) is 2.33. The van der Waals surface area contributed by atoms with E-state index < -0.39 is 12.0 Å². The van der Waals surface area contributed by atoms with Crippen LogP contribution in [-0.4, -0.2) is 22.1 Å². The second kappa shape index (κ2) is 5.96. The second-order valence-electron chi connectivity index (χ2n) is 3.89. The zero-order valence-corrected chi connectivity index (χ0v) is 10.7. The number of nitrogens with one attached hydrogen (secondary N) is 1. The molecule has 0 bridgehead atoms. The van der Waals surface area contributed by atoms with Crippen molar-refractivity contribution in [3.05, 3.63) is 16.1 Å². The fraction of sp³-hybridized carbons (Fsp3) is 0.636. The lowest BCUT2D eigenvalue weighted by Gasteiger charge is -2.17. The van der Waals surface area contributed by atoms with E-state index in [0.29, 0.717) is 6.42 Å². The maximum absolute atomic E-state index is 11.0. The van der Waals surface area contributed by atoms with Gasteiger partial charge < -0.3 is 5.11 Å². The molecule has 2 N–H and O–H groups in total. The summed E-state index contributed by atoms with van der Waals surface area (Å²) < 4.78 is 0. The Morgan fingerprint density at radius 2 is 2.38 bits per heavy atom. The average Bonchev–Trinajstić information content (AvgIpc) is 2.64. The molecular formula is C11H18N2O2S. The largest absolute Gasteiger partial charge is 0.480 e. The first kappa shape index (κ1) is 13.1. The summed E-state index contributed by atoms with van der Waals surface area (Å²) in [4.78, 5) is 15.3. The zero-order valence-electron chi connectivity index (χ0n) is 9.86. The average molecular weight is 242 g/mol. The van der Waals surface area contributed by atoms with Crippen LogP contribution in [0.1, 0.15) is 43.4 Å². The fourth-order valence-corrected chi connectivity index (χ4v) is 2.32. The summed E-state index contributed by atoms with van der Waals surface area (Å²) in [6.07, 6.45) is 1.50. The fourth-order valence-electron chi connectivity index (χ4n) is 1.51. The van der Waals surface area contributed by atoms with E-state index in [2.05, 4.69) is 10.3 Å². The molecule has 16 heavy (non-hydrogen) atoms. The molecular weight excluding hydrogens is 224 g/mol. The predicted octanol–water partition coefficient (Wildman–Crippen LogP) is 2.36. The van der Waals surface area contributed by atoms with Gasteiger partial charge in [0.15, 0.2) is 0 Å². The van der Waals surface area contributed by atoms with Crippen LogP contribution < -0.4 is 5.32 Å². The van der Waals surface area contributed by atoms with Gasteiger partial charge >= 0.3 is 5.97 Å². The molecule has 2 atom stereocenters. The molecule has 4 nitrogen and oxygen atoms in total. The van der Waals surface area contributed by atoms with Crippen LogP contribution in [0.2, 0.25) is 0 Å². The Morgan fingerprint density at radius 3 is 2.81 bits per heavy atom. The monoisotopic (exact) mass is 242 g/mol. The van der Waals surface area contributed by atoms with Crippen LogP contribution in [0.25, 0.3) is 0 Å². The van der Waals surface area contributed by atoms with E-state index in [1.807, 2.05) is 26.2 Å². The number of thiazole rings is 1. The second-order valence-corrected chi connectivity index (χ2v) is 4.78. The highest BCUT2D eigenvalue weighted by Crippen LogP contribution is 2.18. The molecule has 0 spiro atoms. The van der Waals surface area contributed by atoms with Gasteiger partial charge in [0.05, 0.1) is 6.04 Å². The van der Waals surface area contributed by atoms with Crippen molar-refractivity contribution in [2.45, 2.75) is 45.7 Å². The quantitative estimate of drug-likeness (QED) is 0.804. The molecule has 1 aromatic heterocycles. The van der Waals surface area contributed by atoms with E-state index >= 15 is 0 Å². The number of carbonyl (C=O) groups is 1. The van der Waals surface area contributed by atoms with Crippen LogP contribution in [0.3, 0.4) is 0 Å². The third kappa shape index (κ3) is 3.57. The Labute approximate surface area is 99.7 Å². The van der Waals surface area contributed by atoms with Gasteiger partial charge in [0.2, 0.25) is 0 Å². The van der Waals surface area contributed by atoms with Gasteiger partial charge in [-0.3, -0.25) is 10.1 Å². The van der Waals surface area contributed by atoms with Gasteiger partial charge in [-0.05, 0) is 20.3 Å². The number of rotatable bonds is 6. The van der Waals surface area contributed by atoms with E-state index in [0.717, 1.165) is 17.1 Å². The third-order valence-corrected chi connectivity index (χ3v) is 3.48. The Balaban J connectivity index is 2.61. The molecule has 0 amide bonds. The Hall–Kier alpha value is -0.940. The van der Waals surface area contributed by atoms with Gasteiger partial charge in [-0.2, -0.15) is 0 Å². The van der Waals surface area contributed by atoms with Crippen molar-refractivity contribution >= 4 is 17.3 Å². The topological polar surface area (TPSA) is 62.2 Å². The first-order valence-corrected chi connectivity index (χ1v) is 6.33. The minimum Gasteiger partial charge on any atom is -0.480 e. The van der Waals surface area contributed by atoms with Crippen molar-refractivity contribution in [3.63, 3.8) is 0 Å². The van der Waals surface area contributed by atoms with Gasteiger partial charge in [-0.25, -0.2) is 4.98 Å². The number of hydrogen-bond acceptors (Lipinski definition) is 4. The summed E-state index contributed by atoms with van der Waals surface area (Å²) in [7, 11) is 0. The summed E-state index contributed by atoms with van der Waals surface area (Å²) in [5.74, 6) is -0.790. The zero-order chi connectivity index (χ0) is 12.1. The van der Waals surface area contributed by atoms with Crippen LogP contribution in [-0.2, 0) is 4.79 Å². The van der Waals surface area contributed by atoms with Crippen molar-refractivity contribution < 1.29 is 9.90 Å². The molecule has 0 aromatic carbocycles. The number of nitrogens with zero attached hydrogens (tertiary/aromatic N) is 1. The molecule has 0 aliphatic carbocycles. The molecule has 90 valence electrons. The van der Waals surface area contributed by atoms with Crippen LogP contribution >= 0.6 is 11.3 Å². The van der Waals surface area contributed by atoms with E-state index in [-0.39, 0.29) is 6.04 Å². The Morgan fingerprint density at radius 1 is 1.69 bits per heavy atom. The standard InChI is InChI=1S/C11H18N2O2S/c1-4-5-9(11(14)15)13-8(3)10-12-7(2)6-16-10/h6,8-9,13H,4-5H2,1-3H3,(H,14,15). The number of carboxylic acid groups (broad SMARTS) is 1. The number of aliphatic carboxylic acids is 1. The molecule has 0 aliphatic heterocycles. The molecule has 0 fully saturated rings. The van der Waals surface area contributed by atoms with Gasteiger partial charge in [0.1, 0.15) is 11.0 Å². The van der Waals surface area contributed by atoms with Gasteiger partial charge in [0, 0.05) is 11.1 Å². The number of aromatic nitrogens is 1. The smallest absolute Gasteiger partial charge is 0.320 e. The lowest BCUT2D eigenvalue weighted by molar-refractivity contribution is -0.139. The summed E-state index contributed by atoms with van der Waals surface area (Å²) in [6.45, 7) is 5.87. The molecule has 0 saturated heterocycles. The van der Waals surface area contributed by atoms with Gasteiger partial charge in [0.25, 0.3) is 0 Å². The minimum atomic E-state index is -0.790. The molecule has 1 aromatic rings. The summed E-state index contributed by atoms with van der Waals surface area (Å²) in [5.41, 5.74) is 0.982. The Kier molecular flexibility index (Phi) is 4.89. The van der Waals surface area contributed by atoms with Crippen LogP contribution in [0.4, 0.5) is 0 Å². The Bertz CT molecular complexity index is 352. The SMILES string of the molecule is CCCC(NC(C)c1nc(C)cs1)C(=O)O. The van der Waals surface area contributed by atoms with E-state index in [1.54, 1.807) is 11.3 Å². The number of carboxylic acids is 1. The molecule has 0 saturated carbocycles. The molecule has 0 aliphatic rings. The van der Waals surface area contributed by atoms with Crippen molar-refractivity contribution in [1.29, 1.82) is 0 Å². The van der Waals surface area contributed by atoms with E-state index in [1.165, 1.54) is 0 Å². The highest BCUT2D eigenvalue weighted by atomic mass is 32.1. The van der Waals surface area contributed by atoms with E-state index in [4.69, 9.17) is 5.11 Å². The van der Waals surface area contributed by atoms with Crippen LogP contribution in [0.15, 0.2) is 5.38 Å². The van der Waals surface area contributed by atoms with Crippen LogP contribution in [0.5, 0.6) is 0 Å². The highest BCUT2D eigenvalue weighted by molar-refractivity contribution is 7.09. The van der Waals surface area contributed by atoms with Crippen molar-refractivity contribution in [2.24, 2.45) is 0 Å². The first-order valence-electron chi connectivity index (χ1n) is 5.45. The van der Waals surface area contributed by atoms with E-state index in [9.17, 15) is 4.79 Å². The van der Waals surface area contributed by atoms with Crippen molar-refractivity contribution in [1.82, 2.24) is 10.3 Å². The summed E-state index contributed by atoms with van der Waals surface area (Å²) >= 11 is 1.56. The number of aryl methyl sites for hydroxylation is 1. The maximum atomic E-state index is 11.0. The predicted molar refractivity (Wildman–Crippen MR) is 64.7 cm³/mol. The molecule has 0 radical (unpaired) electrons.